The molecule has 0 bridgehead atoms. The van der Waals surface area contributed by atoms with Crippen LogP contribution in [-0.4, -0.2) is 18.3 Å². The van der Waals surface area contributed by atoms with Crippen LogP contribution in [0.1, 0.15) is 11.1 Å². The highest BCUT2D eigenvalue weighted by Crippen LogP contribution is 2.21. The largest absolute Gasteiger partial charge is 0.503 e. The lowest BCUT2D eigenvalue weighted by Gasteiger charge is -2.09. The third-order valence-corrected chi connectivity index (χ3v) is 2.94. The maximum absolute atomic E-state index is 13.1. The first-order chi connectivity index (χ1) is 10.1. The van der Waals surface area contributed by atoms with Crippen molar-refractivity contribution in [3.8, 4) is 11.5 Å². The maximum atomic E-state index is 13.1. The number of hydrogen-bond acceptors (Lipinski definition) is 3. The molecule has 0 spiro atoms. The van der Waals surface area contributed by atoms with Gasteiger partial charge in [0.05, 0.1) is 0 Å². The van der Waals surface area contributed by atoms with Gasteiger partial charge < -0.3 is 15.2 Å². The second-order valence-corrected chi connectivity index (χ2v) is 4.75. The molecule has 0 atom stereocenters. The third-order valence-electron chi connectivity index (χ3n) is 2.94. The first-order valence-electron chi connectivity index (χ1n) is 6.63. The van der Waals surface area contributed by atoms with Crippen LogP contribution in [0.5, 0.6) is 11.5 Å². The minimum atomic E-state index is -0.956. The zero-order chi connectivity index (χ0) is 15.2. The Balaban J connectivity index is 1.75. The van der Waals surface area contributed by atoms with Crippen LogP contribution < -0.4 is 10.1 Å². The Hall–Kier alpha value is -2.14. The highest BCUT2D eigenvalue weighted by atomic mass is 19.1. The van der Waals surface area contributed by atoms with Crippen LogP contribution in [0.25, 0.3) is 0 Å². The summed E-state index contributed by atoms with van der Waals surface area (Å²) in [6, 6.07) is 9.92. The van der Waals surface area contributed by atoms with Crippen molar-refractivity contribution >= 4 is 0 Å². The van der Waals surface area contributed by atoms with Gasteiger partial charge in [-0.05, 0) is 42.3 Å². The summed E-state index contributed by atoms with van der Waals surface area (Å²) in [6.45, 7) is 3.27. The van der Waals surface area contributed by atoms with Crippen molar-refractivity contribution in [1.29, 1.82) is 0 Å². The fourth-order valence-corrected chi connectivity index (χ4v) is 1.90. The molecule has 0 amide bonds. The molecule has 0 aromatic heterocycles. The molecule has 0 saturated heterocycles. The summed E-state index contributed by atoms with van der Waals surface area (Å²) in [5.74, 6) is -2.06. The topological polar surface area (TPSA) is 41.5 Å². The van der Waals surface area contributed by atoms with Crippen molar-refractivity contribution < 1.29 is 18.6 Å². The maximum Gasteiger partial charge on any atom is 0.187 e. The fourth-order valence-electron chi connectivity index (χ4n) is 1.90. The lowest BCUT2D eigenvalue weighted by Crippen LogP contribution is -2.20. The van der Waals surface area contributed by atoms with E-state index in [4.69, 9.17) is 9.84 Å². The second kappa shape index (κ2) is 7.04. The summed E-state index contributed by atoms with van der Waals surface area (Å²) < 4.78 is 31.8. The van der Waals surface area contributed by atoms with Crippen molar-refractivity contribution in [2.75, 3.05) is 13.2 Å². The molecule has 2 rings (SSSR count). The molecule has 0 fully saturated rings. The highest BCUT2D eigenvalue weighted by Gasteiger charge is 2.09. The van der Waals surface area contributed by atoms with Crippen molar-refractivity contribution in [2.24, 2.45) is 0 Å². The van der Waals surface area contributed by atoms with Gasteiger partial charge in [0.2, 0.25) is 0 Å². The summed E-state index contributed by atoms with van der Waals surface area (Å²) in [6.07, 6.45) is 0. The van der Waals surface area contributed by atoms with E-state index in [1.165, 1.54) is 0 Å². The average molecular weight is 293 g/mol. The molecule has 3 nitrogen and oxygen atoms in total. The van der Waals surface area contributed by atoms with Crippen molar-refractivity contribution in [3.63, 3.8) is 0 Å². The lowest BCUT2D eigenvalue weighted by atomic mass is 10.2. The van der Waals surface area contributed by atoms with Gasteiger partial charge in [-0.2, -0.15) is 0 Å². The van der Waals surface area contributed by atoms with Gasteiger partial charge in [0, 0.05) is 13.1 Å². The fraction of sp³-hybridized carbons (Fsp3) is 0.250. The standard InChI is InChI=1S/C16H17F2NO2/c1-11-3-2-4-13(7-11)21-6-5-19-10-12-8-14(17)16(20)15(18)9-12/h2-4,7-9,19-20H,5-6,10H2,1H3. The quantitative estimate of drug-likeness (QED) is 0.804. The predicted molar refractivity (Wildman–Crippen MR) is 76.4 cm³/mol. The zero-order valence-electron chi connectivity index (χ0n) is 11.7. The van der Waals surface area contributed by atoms with E-state index in [1.807, 2.05) is 31.2 Å². The number of benzene rings is 2. The van der Waals surface area contributed by atoms with Crippen LogP contribution in [-0.2, 0) is 6.54 Å². The summed E-state index contributed by atoms with van der Waals surface area (Å²) in [5, 5.41) is 12.0. The molecule has 0 radical (unpaired) electrons. The Bertz CT molecular complexity index is 594. The molecule has 2 aromatic carbocycles. The van der Waals surface area contributed by atoms with Gasteiger partial charge >= 0.3 is 0 Å². The first kappa shape index (κ1) is 15.3. The van der Waals surface area contributed by atoms with Gasteiger partial charge in [0.15, 0.2) is 17.4 Å². The van der Waals surface area contributed by atoms with Crippen LogP contribution in [0, 0.1) is 18.6 Å². The van der Waals surface area contributed by atoms with Crippen LogP contribution in [0.4, 0.5) is 8.78 Å². The SMILES string of the molecule is Cc1cccc(OCCNCc2cc(F)c(O)c(F)c2)c1. The predicted octanol–water partition coefficient (Wildman–Crippen LogP) is 3.15. The average Bonchev–Trinajstić information content (AvgIpc) is 2.44. The highest BCUT2D eigenvalue weighted by molar-refractivity contribution is 5.30. The van der Waals surface area contributed by atoms with Crippen LogP contribution in [0.3, 0.4) is 0 Å². The summed E-state index contributed by atoms with van der Waals surface area (Å²) in [4.78, 5) is 0. The number of aryl methyl sites for hydroxylation is 1. The Labute approximate surface area is 122 Å². The minimum absolute atomic E-state index is 0.297. The molecule has 0 unspecified atom stereocenters. The first-order valence-corrected chi connectivity index (χ1v) is 6.63. The number of rotatable bonds is 6. The zero-order valence-corrected chi connectivity index (χ0v) is 11.7. The molecule has 0 heterocycles. The van der Waals surface area contributed by atoms with E-state index in [1.54, 1.807) is 0 Å². The number of phenols is 1. The number of phenolic OH excluding ortho intramolecular Hbond substituents is 1. The Morgan fingerprint density at radius 1 is 1.14 bits per heavy atom. The monoisotopic (exact) mass is 293 g/mol. The number of aromatic hydroxyl groups is 1. The van der Waals surface area contributed by atoms with Gasteiger partial charge in [-0.1, -0.05) is 12.1 Å². The van der Waals surface area contributed by atoms with Crippen molar-refractivity contribution in [1.82, 2.24) is 5.32 Å². The molecule has 0 aliphatic carbocycles. The van der Waals surface area contributed by atoms with E-state index >= 15 is 0 Å². The molecule has 5 heteroatoms. The minimum Gasteiger partial charge on any atom is -0.503 e. The molecular weight excluding hydrogens is 276 g/mol. The van der Waals surface area contributed by atoms with Gasteiger partial charge in [0.25, 0.3) is 0 Å². The molecule has 0 aliphatic rings. The summed E-state index contributed by atoms with van der Waals surface area (Å²) >= 11 is 0. The van der Waals surface area contributed by atoms with E-state index < -0.39 is 17.4 Å². The van der Waals surface area contributed by atoms with Gasteiger partial charge in [-0.25, -0.2) is 8.78 Å². The molecule has 2 N–H and O–H groups in total. The Morgan fingerprint density at radius 2 is 1.86 bits per heavy atom. The van der Waals surface area contributed by atoms with E-state index in [2.05, 4.69) is 5.32 Å². The number of halogens is 2. The number of hydrogen-bond donors (Lipinski definition) is 2. The van der Waals surface area contributed by atoms with Crippen LogP contribution in [0.2, 0.25) is 0 Å². The lowest BCUT2D eigenvalue weighted by molar-refractivity contribution is 0.313. The van der Waals surface area contributed by atoms with Gasteiger partial charge in [-0.15, -0.1) is 0 Å². The number of ether oxygens (including phenoxy) is 1. The molecule has 2 aromatic rings. The number of nitrogens with one attached hydrogen (secondary N) is 1. The third kappa shape index (κ3) is 4.43. The molecule has 0 saturated carbocycles. The van der Waals surface area contributed by atoms with E-state index in [0.717, 1.165) is 23.4 Å². The van der Waals surface area contributed by atoms with E-state index in [9.17, 15) is 8.78 Å². The summed E-state index contributed by atoms with van der Waals surface area (Å²) in [7, 11) is 0. The smallest absolute Gasteiger partial charge is 0.187 e. The molecule has 0 aliphatic heterocycles. The molecule has 112 valence electrons. The molecular formula is C16H17F2NO2. The van der Waals surface area contributed by atoms with Gasteiger partial charge in [-0.3, -0.25) is 0 Å². The van der Waals surface area contributed by atoms with Crippen LogP contribution in [0.15, 0.2) is 36.4 Å². The normalized spacial score (nSPS) is 10.6. The van der Waals surface area contributed by atoms with Crippen molar-refractivity contribution in [2.45, 2.75) is 13.5 Å². The van der Waals surface area contributed by atoms with Gasteiger partial charge in [0.1, 0.15) is 12.4 Å². The van der Waals surface area contributed by atoms with E-state index in [0.29, 0.717) is 25.3 Å². The Morgan fingerprint density at radius 3 is 2.52 bits per heavy atom. The molecule has 21 heavy (non-hydrogen) atoms. The van der Waals surface area contributed by atoms with Crippen LogP contribution >= 0.6 is 0 Å². The Kier molecular flexibility index (Phi) is 5.11. The van der Waals surface area contributed by atoms with E-state index in [-0.39, 0.29) is 0 Å². The summed E-state index contributed by atoms with van der Waals surface area (Å²) in [5.41, 5.74) is 1.55. The van der Waals surface area contributed by atoms with Crippen molar-refractivity contribution in [3.05, 3.63) is 59.2 Å². The second-order valence-electron chi connectivity index (χ2n) is 4.75.